The van der Waals surface area contributed by atoms with E-state index in [1.807, 2.05) is 12.1 Å². The van der Waals surface area contributed by atoms with Crippen LogP contribution in [0.25, 0.3) is 0 Å². The van der Waals surface area contributed by atoms with Crippen molar-refractivity contribution in [2.24, 2.45) is 0 Å². The molecule has 0 radical (unpaired) electrons. The number of hydrogen-bond acceptors (Lipinski definition) is 5. The quantitative estimate of drug-likeness (QED) is 0.893. The number of morpholine rings is 1. The summed E-state index contributed by atoms with van der Waals surface area (Å²) in [6.45, 7) is 9.37. The molecule has 2 aliphatic rings. The van der Waals surface area contributed by atoms with Gasteiger partial charge >= 0.3 is 0 Å². The van der Waals surface area contributed by atoms with Gasteiger partial charge in [0.2, 0.25) is 6.79 Å². The Morgan fingerprint density at radius 3 is 3.00 bits per heavy atom. The van der Waals surface area contributed by atoms with Crippen molar-refractivity contribution in [2.75, 3.05) is 33.0 Å². The van der Waals surface area contributed by atoms with Crippen LogP contribution in [0.3, 0.4) is 0 Å². The molecule has 116 valence electrons. The van der Waals surface area contributed by atoms with E-state index in [-0.39, 0.29) is 6.10 Å². The number of ether oxygens (including phenoxy) is 3. The lowest BCUT2D eigenvalue weighted by Crippen LogP contribution is -2.48. The molecule has 2 aliphatic heterocycles. The Hall–Kier alpha value is -1.30. The molecule has 3 rings (SSSR count). The van der Waals surface area contributed by atoms with Crippen LogP contribution < -0.4 is 14.8 Å². The summed E-state index contributed by atoms with van der Waals surface area (Å²) in [5.41, 5.74) is 1.20. The average Bonchev–Trinajstić information content (AvgIpc) is 2.95. The van der Waals surface area contributed by atoms with Gasteiger partial charge in [-0.2, -0.15) is 0 Å². The topological polar surface area (TPSA) is 43.0 Å². The van der Waals surface area contributed by atoms with E-state index in [0.29, 0.717) is 12.8 Å². The van der Waals surface area contributed by atoms with Crippen molar-refractivity contribution in [1.82, 2.24) is 10.2 Å². The van der Waals surface area contributed by atoms with Gasteiger partial charge in [-0.1, -0.05) is 6.07 Å². The molecule has 5 heteroatoms. The standard InChI is InChI=1S/C16H24N2O3/c1-12(2)18-5-6-19-14(10-18)9-17-8-13-3-4-15-16(7-13)21-11-20-15/h3-4,7,12,14,17H,5-6,8-11H2,1-2H3. The highest BCUT2D eigenvalue weighted by Gasteiger charge is 2.21. The first kappa shape index (κ1) is 14.6. The number of nitrogens with one attached hydrogen (secondary N) is 1. The summed E-state index contributed by atoms with van der Waals surface area (Å²) in [4.78, 5) is 2.47. The fourth-order valence-electron chi connectivity index (χ4n) is 2.76. The maximum absolute atomic E-state index is 5.82. The highest BCUT2D eigenvalue weighted by molar-refractivity contribution is 5.44. The molecule has 1 fully saturated rings. The van der Waals surface area contributed by atoms with Crippen LogP contribution in [0.5, 0.6) is 11.5 Å². The normalized spacial score (nSPS) is 22.0. The minimum atomic E-state index is 0.273. The Morgan fingerprint density at radius 2 is 2.14 bits per heavy atom. The number of fused-ring (bicyclic) bond motifs is 1. The first-order valence-corrected chi connectivity index (χ1v) is 7.67. The molecule has 2 heterocycles. The molecule has 0 amide bonds. The smallest absolute Gasteiger partial charge is 0.231 e. The summed E-state index contributed by atoms with van der Waals surface area (Å²) in [5.74, 6) is 1.68. The van der Waals surface area contributed by atoms with Crippen LogP contribution in [0.15, 0.2) is 18.2 Å². The third-order valence-electron chi connectivity index (χ3n) is 4.04. The molecular weight excluding hydrogens is 268 g/mol. The summed E-state index contributed by atoms with van der Waals surface area (Å²) < 4.78 is 16.5. The van der Waals surface area contributed by atoms with Gasteiger partial charge in [0.1, 0.15) is 0 Å². The van der Waals surface area contributed by atoms with Crippen LogP contribution >= 0.6 is 0 Å². The van der Waals surface area contributed by atoms with Crippen molar-refractivity contribution in [3.63, 3.8) is 0 Å². The molecule has 0 saturated carbocycles. The van der Waals surface area contributed by atoms with Crippen LogP contribution in [0.4, 0.5) is 0 Å². The minimum absolute atomic E-state index is 0.273. The van der Waals surface area contributed by atoms with Crippen LogP contribution in [0, 0.1) is 0 Å². The van der Waals surface area contributed by atoms with Crippen LogP contribution in [-0.2, 0) is 11.3 Å². The highest BCUT2D eigenvalue weighted by atomic mass is 16.7. The molecule has 21 heavy (non-hydrogen) atoms. The zero-order valence-corrected chi connectivity index (χ0v) is 12.8. The minimum Gasteiger partial charge on any atom is -0.454 e. The van der Waals surface area contributed by atoms with Crippen LogP contribution in [0.2, 0.25) is 0 Å². The van der Waals surface area contributed by atoms with Gasteiger partial charge in [-0.3, -0.25) is 4.90 Å². The van der Waals surface area contributed by atoms with Crippen LogP contribution in [-0.4, -0.2) is 50.1 Å². The number of benzene rings is 1. The SMILES string of the molecule is CC(C)N1CCOC(CNCc2ccc3c(c2)OCO3)C1. The van der Waals surface area contributed by atoms with E-state index in [9.17, 15) is 0 Å². The van der Waals surface area contributed by atoms with Crippen molar-refractivity contribution in [3.05, 3.63) is 23.8 Å². The van der Waals surface area contributed by atoms with Gasteiger partial charge < -0.3 is 19.5 Å². The molecule has 0 bridgehead atoms. The Bertz CT molecular complexity index is 479. The molecule has 0 spiro atoms. The maximum Gasteiger partial charge on any atom is 0.231 e. The van der Waals surface area contributed by atoms with Gasteiger partial charge in [0.15, 0.2) is 11.5 Å². The summed E-state index contributed by atoms with van der Waals surface area (Å²) in [5, 5.41) is 3.47. The third-order valence-corrected chi connectivity index (χ3v) is 4.04. The van der Waals surface area contributed by atoms with Gasteiger partial charge in [-0.25, -0.2) is 0 Å². The lowest BCUT2D eigenvalue weighted by molar-refractivity contribution is -0.0372. The molecular formula is C16H24N2O3. The van der Waals surface area contributed by atoms with Crippen molar-refractivity contribution in [3.8, 4) is 11.5 Å². The first-order chi connectivity index (χ1) is 10.2. The molecule has 0 aliphatic carbocycles. The molecule has 1 saturated heterocycles. The largest absolute Gasteiger partial charge is 0.454 e. The highest BCUT2D eigenvalue weighted by Crippen LogP contribution is 2.32. The molecule has 1 aromatic rings. The molecule has 1 aromatic carbocycles. The predicted molar refractivity (Wildman–Crippen MR) is 80.7 cm³/mol. The Labute approximate surface area is 126 Å². The zero-order valence-electron chi connectivity index (χ0n) is 12.8. The molecule has 0 aromatic heterocycles. The first-order valence-electron chi connectivity index (χ1n) is 7.67. The van der Waals surface area contributed by atoms with Gasteiger partial charge in [0, 0.05) is 32.2 Å². The molecule has 1 N–H and O–H groups in total. The Morgan fingerprint density at radius 1 is 1.29 bits per heavy atom. The summed E-state index contributed by atoms with van der Waals surface area (Å²) in [6, 6.07) is 6.67. The van der Waals surface area contributed by atoms with E-state index >= 15 is 0 Å². The van der Waals surface area contributed by atoms with Gasteiger partial charge in [-0.15, -0.1) is 0 Å². The Balaban J connectivity index is 1.45. The molecule has 1 unspecified atom stereocenters. The summed E-state index contributed by atoms with van der Waals surface area (Å²) in [7, 11) is 0. The second-order valence-electron chi connectivity index (χ2n) is 5.90. The monoisotopic (exact) mass is 292 g/mol. The van der Waals surface area contributed by atoms with E-state index in [1.54, 1.807) is 0 Å². The third kappa shape index (κ3) is 3.67. The van der Waals surface area contributed by atoms with Gasteiger partial charge in [-0.05, 0) is 31.5 Å². The fourth-order valence-corrected chi connectivity index (χ4v) is 2.76. The van der Waals surface area contributed by atoms with E-state index in [1.165, 1.54) is 5.56 Å². The zero-order chi connectivity index (χ0) is 14.7. The number of rotatable bonds is 5. The average molecular weight is 292 g/mol. The van der Waals surface area contributed by atoms with Crippen molar-refractivity contribution in [2.45, 2.75) is 32.5 Å². The Kier molecular flexibility index (Phi) is 4.63. The van der Waals surface area contributed by atoms with E-state index in [0.717, 1.165) is 44.3 Å². The predicted octanol–water partition coefficient (Wildman–Crippen LogP) is 1.61. The van der Waals surface area contributed by atoms with Gasteiger partial charge in [0.25, 0.3) is 0 Å². The van der Waals surface area contributed by atoms with Gasteiger partial charge in [0.05, 0.1) is 12.7 Å². The van der Waals surface area contributed by atoms with Crippen LogP contribution in [0.1, 0.15) is 19.4 Å². The lowest BCUT2D eigenvalue weighted by Gasteiger charge is -2.35. The fraction of sp³-hybridized carbons (Fsp3) is 0.625. The second-order valence-corrected chi connectivity index (χ2v) is 5.90. The van der Waals surface area contributed by atoms with Crippen molar-refractivity contribution < 1.29 is 14.2 Å². The van der Waals surface area contributed by atoms with Crippen molar-refractivity contribution in [1.29, 1.82) is 0 Å². The summed E-state index contributed by atoms with van der Waals surface area (Å²) >= 11 is 0. The molecule has 5 nitrogen and oxygen atoms in total. The maximum atomic E-state index is 5.82. The summed E-state index contributed by atoms with van der Waals surface area (Å²) in [6.07, 6.45) is 0.273. The van der Waals surface area contributed by atoms with E-state index in [4.69, 9.17) is 14.2 Å². The van der Waals surface area contributed by atoms with Crippen molar-refractivity contribution >= 4 is 0 Å². The number of hydrogen-bond donors (Lipinski definition) is 1. The second kappa shape index (κ2) is 6.64. The van der Waals surface area contributed by atoms with E-state index < -0.39 is 0 Å². The van der Waals surface area contributed by atoms with E-state index in [2.05, 4.69) is 30.1 Å². The molecule has 1 atom stereocenters. The lowest BCUT2D eigenvalue weighted by atomic mass is 10.2. The number of nitrogens with zero attached hydrogens (tertiary/aromatic N) is 1.